The third kappa shape index (κ3) is 3.26. The Morgan fingerprint density at radius 3 is 2.42 bits per heavy atom. The highest BCUT2D eigenvalue weighted by molar-refractivity contribution is 5.61. The van der Waals surface area contributed by atoms with Crippen molar-refractivity contribution in [2.24, 2.45) is 0 Å². The minimum absolute atomic E-state index is 0.749. The second-order valence-corrected chi connectivity index (χ2v) is 4.14. The number of aromatic amines is 1. The van der Waals surface area contributed by atoms with Crippen LogP contribution in [-0.2, 0) is 6.54 Å². The lowest BCUT2D eigenvalue weighted by Gasteiger charge is -2.06. The molecule has 2 aromatic rings. The third-order valence-electron chi connectivity index (χ3n) is 2.82. The van der Waals surface area contributed by atoms with E-state index in [4.69, 9.17) is 9.47 Å². The molecule has 2 rings (SSSR count). The van der Waals surface area contributed by atoms with Gasteiger partial charge in [0.25, 0.3) is 0 Å². The molecule has 0 radical (unpaired) electrons. The molecule has 5 nitrogen and oxygen atoms in total. The predicted octanol–water partition coefficient (Wildman–Crippen LogP) is 2.20. The van der Waals surface area contributed by atoms with Crippen molar-refractivity contribution in [1.82, 2.24) is 15.3 Å². The maximum atomic E-state index is 5.26. The highest BCUT2D eigenvalue weighted by Crippen LogP contribution is 2.28. The zero-order chi connectivity index (χ0) is 13.7. The summed E-state index contributed by atoms with van der Waals surface area (Å²) in [6.07, 6.45) is 1.84. The van der Waals surface area contributed by atoms with E-state index in [9.17, 15) is 0 Å². The Morgan fingerprint density at radius 2 is 1.84 bits per heavy atom. The van der Waals surface area contributed by atoms with Crippen LogP contribution >= 0.6 is 0 Å². The quantitative estimate of drug-likeness (QED) is 0.837. The lowest BCUT2D eigenvalue weighted by Crippen LogP contribution is -2.11. The number of nitrogens with one attached hydrogen (secondary N) is 2. The van der Waals surface area contributed by atoms with Gasteiger partial charge in [-0.15, -0.1) is 0 Å². The van der Waals surface area contributed by atoms with E-state index >= 15 is 0 Å². The van der Waals surface area contributed by atoms with Gasteiger partial charge in [0.05, 0.1) is 14.2 Å². The van der Waals surface area contributed by atoms with Crippen LogP contribution in [-0.4, -0.2) is 30.7 Å². The zero-order valence-electron chi connectivity index (χ0n) is 11.5. The first-order valence-corrected chi connectivity index (χ1v) is 6.25. The molecule has 19 heavy (non-hydrogen) atoms. The van der Waals surface area contributed by atoms with Crippen molar-refractivity contribution in [1.29, 1.82) is 0 Å². The Balaban J connectivity index is 2.27. The van der Waals surface area contributed by atoms with Crippen molar-refractivity contribution in [3.8, 4) is 22.9 Å². The van der Waals surface area contributed by atoms with E-state index in [0.29, 0.717) is 0 Å². The molecule has 1 aromatic heterocycles. The average Bonchev–Trinajstić information content (AvgIpc) is 2.93. The van der Waals surface area contributed by atoms with Crippen LogP contribution in [0.25, 0.3) is 11.4 Å². The minimum Gasteiger partial charge on any atom is -0.497 e. The number of rotatable bonds is 6. The van der Waals surface area contributed by atoms with E-state index in [0.717, 1.165) is 41.7 Å². The largest absolute Gasteiger partial charge is 0.497 e. The second-order valence-electron chi connectivity index (χ2n) is 4.14. The summed E-state index contributed by atoms with van der Waals surface area (Å²) in [6, 6.07) is 5.70. The smallest absolute Gasteiger partial charge is 0.137 e. The molecule has 5 heteroatoms. The Kier molecular flexibility index (Phi) is 4.41. The first-order chi connectivity index (χ1) is 9.26. The van der Waals surface area contributed by atoms with Gasteiger partial charge in [0.2, 0.25) is 0 Å². The monoisotopic (exact) mass is 261 g/mol. The fourth-order valence-corrected chi connectivity index (χ4v) is 1.80. The number of methoxy groups -OCH3 is 2. The van der Waals surface area contributed by atoms with Crippen molar-refractivity contribution < 1.29 is 9.47 Å². The third-order valence-corrected chi connectivity index (χ3v) is 2.82. The molecule has 1 aromatic carbocycles. The molecule has 0 fully saturated rings. The van der Waals surface area contributed by atoms with E-state index in [-0.39, 0.29) is 0 Å². The maximum Gasteiger partial charge on any atom is 0.137 e. The van der Waals surface area contributed by atoms with Gasteiger partial charge in [0.15, 0.2) is 0 Å². The Morgan fingerprint density at radius 1 is 1.16 bits per heavy atom. The molecule has 0 amide bonds. The lowest BCUT2D eigenvalue weighted by molar-refractivity contribution is 0.394. The van der Waals surface area contributed by atoms with E-state index in [2.05, 4.69) is 22.2 Å². The number of benzene rings is 1. The molecule has 0 unspecified atom stereocenters. The summed E-state index contributed by atoms with van der Waals surface area (Å²) >= 11 is 0. The average molecular weight is 261 g/mol. The summed E-state index contributed by atoms with van der Waals surface area (Å²) in [6.45, 7) is 3.79. The normalized spacial score (nSPS) is 10.5. The van der Waals surface area contributed by atoms with Crippen LogP contribution < -0.4 is 14.8 Å². The van der Waals surface area contributed by atoms with E-state index in [1.165, 1.54) is 0 Å². The minimum atomic E-state index is 0.749. The summed E-state index contributed by atoms with van der Waals surface area (Å²) in [5, 5.41) is 3.25. The molecule has 102 valence electrons. The van der Waals surface area contributed by atoms with Crippen molar-refractivity contribution in [2.75, 3.05) is 20.8 Å². The van der Waals surface area contributed by atoms with Gasteiger partial charge >= 0.3 is 0 Å². The predicted molar refractivity (Wildman–Crippen MR) is 74.5 cm³/mol. The summed E-state index contributed by atoms with van der Waals surface area (Å²) in [5.41, 5.74) is 2.00. The summed E-state index contributed by atoms with van der Waals surface area (Å²) in [4.78, 5) is 7.67. The van der Waals surface area contributed by atoms with Crippen LogP contribution in [0.3, 0.4) is 0 Å². The molecule has 0 spiro atoms. The fraction of sp³-hybridized carbons (Fsp3) is 0.357. The van der Waals surface area contributed by atoms with Crippen LogP contribution in [0.4, 0.5) is 0 Å². The molecule has 0 aliphatic rings. The summed E-state index contributed by atoms with van der Waals surface area (Å²) < 4.78 is 10.5. The fourth-order valence-electron chi connectivity index (χ4n) is 1.80. The first kappa shape index (κ1) is 13.4. The molecule has 0 saturated carbocycles. The molecular formula is C14H19N3O2. The first-order valence-electron chi connectivity index (χ1n) is 6.25. The van der Waals surface area contributed by atoms with Crippen molar-refractivity contribution in [3.63, 3.8) is 0 Å². The number of H-pyrrole nitrogens is 1. The highest BCUT2D eigenvalue weighted by atomic mass is 16.5. The van der Waals surface area contributed by atoms with Crippen LogP contribution in [0.1, 0.15) is 12.6 Å². The van der Waals surface area contributed by atoms with Gasteiger partial charge in [-0.05, 0) is 18.7 Å². The maximum absolute atomic E-state index is 5.26. The highest BCUT2D eigenvalue weighted by Gasteiger charge is 2.07. The van der Waals surface area contributed by atoms with Crippen LogP contribution in [0.5, 0.6) is 11.5 Å². The van der Waals surface area contributed by atoms with Crippen molar-refractivity contribution >= 4 is 0 Å². The number of imidazole rings is 1. The van der Waals surface area contributed by atoms with Gasteiger partial charge < -0.3 is 19.8 Å². The number of ether oxygens (including phenoxy) is 2. The van der Waals surface area contributed by atoms with Gasteiger partial charge in [0.1, 0.15) is 17.3 Å². The van der Waals surface area contributed by atoms with Crippen LogP contribution in [0, 0.1) is 0 Å². The number of nitrogens with zero attached hydrogens (tertiary/aromatic N) is 1. The topological polar surface area (TPSA) is 59.2 Å². The standard InChI is InChI=1S/C14H19N3O2/c1-4-15-8-11-9-16-14(17-11)10-5-12(18-2)7-13(6-10)19-3/h5-7,9,15H,4,8H2,1-3H3,(H,16,17). The van der Waals surface area contributed by atoms with Gasteiger partial charge in [0, 0.05) is 30.1 Å². The van der Waals surface area contributed by atoms with Gasteiger partial charge in [-0.25, -0.2) is 4.98 Å². The lowest BCUT2D eigenvalue weighted by atomic mass is 10.2. The molecule has 0 atom stereocenters. The molecule has 0 bridgehead atoms. The van der Waals surface area contributed by atoms with Gasteiger partial charge in [-0.2, -0.15) is 0 Å². The molecule has 0 aliphatic carbocycles. The van der Waals surface area contributed by atoms with Crippen molar-refractivity contribution in [2.45, 2.75) is 13.5 Å². The number of hydrogen-bond donors (Lipinski definition) is 2. The number of hydrogen-bond acceptors (Lipinski definition) is 4. The Bertz CT molecular complexity index is 515. The Hall–Kier alpha value is -2.01. The van der Waals surface area contributed by atoms with E-state index in [1.54, 1.807) is 14.2 Å². The van der Waals surface area contributed by atoms with E-state index < -0.39 is 0 Å². The SMILES string of the molecule is CCNCc1cnc(-c2cc(OC)cc(OC)c2)[nH]1. The van der Waals surface area contributed by atoms with Crippen LogP contribution in [0.15, 0.2) is 24.4 Å². The summed E-state index contributed by atoms with van der Waals surface area (Å²) in [5.74, 6) is 2.31. The number of aromatic nitrogens is 2. The Labute approximate surface area is 113 Å². The van der Waals surface area contributed by atoms with Gasteiger partial charge in [-0.3, -0.25) is 0 Å². The molecular weight excluding hydrogens is 242 g/mol. The second kappa shape index (κ2) is 6.24. The van der Waals surface area contributed by atoms with Gasteiger partial charge in [-0.1, -0.05) is 6.92 Å². The van der Waals surface area contributed by atoms with E-state index in [1.807, 2.05) is 24.4 Å². The molecule has 0 saturated heterocycles. The molecule has 2 N–H and O–H groups in total. The van der Waals surface area contributed by atoms with Crippen molar-refractivity contribution in [3.05, 3.63) is 30.1 Å². The summed E-state index contributed by atoms with van der Waals surface area (Å²) in [7, 11) is 3.27. The molecule has 1 heterocycles. The molecule has 0 aliphatic heterocycles. The zero-order valence-corrected chi connectivity index (χ0v) is 11.5. The van der Waals surface area contributed by atoms with Crippen LogP contribution in [0.2, 0.25) is 0 Å².